The molecular weight excluding hydrogens is 273 g/mol. The summed E-state index contributed by atoms with van der Waals surface area (Å²) in [4.78, 5) is 4.13. The number of pyridine rings is 1. The first-order chi connectivity index (χ1) is 10.2. The molecule has 1 aromatic heterocycles. The van der Waals surface area contributed by atoms with Gasteiger partial charge >= 0.3 is 0 Å². The first-order valence-electron chi connectivity index (χ1n) is 6.57. The van der Waals surface area contributed by atoms with Crippen molar-refractivity contribution in [2.45, 2.75) is 13.0 Å². The maximum atomic E-state index is 13.5. The van der Waals surface area contributed by atoms with E-state index in [1.165, 1.54) is 13.2 Å². The Balaban J connectivity index is 2.37. The van der Waals surface area contributed by atoms with Gasteiger partial charge in [0.15, 0.2) is 11.6 Å². The number of aromatic nitrogens is 1. The minimum atomic E-state index is -0.418. The van der Waals surface area contributed by atoms with Gasteiger partial charge in [-0.1, -0.05) is 6.07 Å². The zero-order valence-corrected chi connectivity index (χ0v) is 12.0. The van der Waals surface area contributed by atoms with E-state index in [9.17, 15) is 4.39 Å². The second-order valence-corrected chi connectivity index (χ2v) is 4.38. The van der Waals surface area contributed by atoms with Gasteiger partial charge in [0, 0.05) is 6.20 Å². The van der Waals surface area contributed by atoms with E-state index in [2.05, 4.69) is 10.4 Å². The summed E-state index contributed by atoms with van der Waals surface area (Å²) in [5, 5.41) is 0. The predicted molar refractivity (Wildman–Crippen MR) is 77.5 cm³/mol. The zero-order chi connectivity index (χ0) is 15.2. The molecule has 21 heavy (non-hydrogen) atoms. The monoisotopic (exact) mass is 291 g/mol. The second-order valence-electron chi connectivity index (χ2n) is 4.38. The van der Waals surface area contributed by atoms with Gasteiger partial charge in [0.05, 0.1) is 26.0 Å². The standard InChI is InChI=1S/C15H18FN3O2/c1-3-21-12-6-11(8-18-9-12)15(19-17)10-4-5-13(16)14(7-10)20-2/h4-9,15,19H,3,17H2,1-2H3. The third kappa shape index (κ3) is 3.48. The first kappa shape index (κ1) is 15.2. The Hall–Kier alpha value is -2.18. The summed E-state index contributed by atoms with van der Waals surface area (Å²) in [5.41, 5.74) is 4.29. The number of hydrogen-bond donors (Lipinski definition) is 2. The number of nitrogens with zero attached hydrogens (tertiary/aromatic N) is 1. The van der Waals surface area contributed by atoms with Crippen LogP contribution >= 0.6 is 0 Å². The molecule has 1 heterocycles. The molecule has 0 spiro atoms. The van der Waals surface area contributed by atoms with E-state index >= 15 is 0 Å². The van der Waals surface area contributed by atoms with Crippen molar-refractivity contribution in [1.29, 1.82) is 0 Å². The van der Waals surface area contributed by atoms with Crippen LogP contribution < -0.4 is 20.7 Å². The molecule has 0 aliphatic carbocycles. The Morgan fingerprint density at radius 2 is 2.10 bits per heavy atom. The summed E-state index contributed by atoms with van der Waals surface area (Å²) in [6.45, 7) is 2.45. The number of benzene rings is 1. The maximum absolute atomic E-state index is 13.5. The highest BCUT2D eigenvalue weighted by atomic mass is 19.1. The van der Waals surface area contributed by atoms with Crippen molar-refractivity contribution in [2.75, 3.05) is 13.7 Å². The molecule has 3 N–H and O–H groups in total. The average molecular weight is 291 g/mol. The lowest BCUT2D eigenvalue weighted by atomic mass is 10.0. The molecule has 1 atom stereocenters. The fourth-order valence-electron chi connectivity index (χ4n) is 2.08. The number of nitrogens with one attached hydrogen (secondary N) is 1. The molecule has 0 fully saturated rings. The van der Waals surface area contributed by atoms with Crippen LogP contribution in [0, 0.1) is 5.82 Å². The van der Waals surface area contributed by atoms with Gasteiger partial charge in [-0.2, -0.15) is 0 Å². The van der Waals surface area contributed by atoms with Gasteiger partial charge in [0.1, 0.15) is 5.75 Å². The van der Waals surface area contributed by atoms with Crippen LogP contribution in [0.2, 0.25) is 0 Å². The van der Waals surface area contributed by atoms with Crippen LogP contribution in [0.1, 0.15) is 24.1 Å². The lowest BCUT2D eigenvalue weighted by molar-refractivity contribution is 0.338. The van der Waals surface area contributed by atoms with Crippen LogP contribution in [0.5, 0.6) is 11.5 Å². The highest BCUT2D eigenvalue weighted by molar-refractivity contribution is 5.38. The lowest BCUT2D eigenvalue weighted by Gasteiger charge is -2.18. The van der Waals surface area contributed by atoms with Crippen molar-refractivity contribution in [3.63, 3.8) is 0 Å². The molecule has 1 aromatic carbocycles. The smallest absolute Gasteiger partial charge is 0.165 e. The van der Waals surface area contributed by atoms with Crippen LogP contribution in [-0.4, -0.2) is 18.7 Å². The fourth-order valence-corrected chi connectivity index (χ4v) is 2.08. The predicted octanol–water partition coefficient (Wildman–Crippen LogP) is 2.18. The highest BCUT2D eigenvalue weighted by Gasteiger charge is 2.16. The molecule has 6 heteroatoms. The number of ether oxygens (including phenoxy) is 2. The number of halogens is 1. The van der Waals surface area contributed by atoms with Gasteiger partial charge in [-0.05, 0) is 36.2 Å². The molecule has 0 saturated carbocycles. The molecule has 0 radical (unpaired) electrons. The third-order valence-electron chi connectivity index (χ3n) is 3.05. The molecule has 0 bridgehead atoms. The minimum Gasteiger partial charge on any atom is -0.494 e. The quantitative estimate of drug-likeness (QED) is 0.630. The average Bonchev–Trinajstić information content (AvgIpc) is 2.50. The minimum absolute atomic E-state index is 0.168. The van der Waals surface area contributed by atoms with E-state index in [1.807, 2.05) is 13.0 Å². The van der Waals surface area contributed by atoms with Crippen LogP contribution in [0.4, 0.5) is 4.39 Å². The summed E-state index contributed by atoms with van der Waals surface area (Å²) < 4.78 is 23.9. The molecule has 0 amide bonds. The van der Waals surface area contributed by atoms with E-state index in [0.717, 1.165) is 11.1 Å². The largest absolute Gasteiger partial charge is 0.494 e. The number of methoxy groups -OCH3 is 1. The van der Waals surface area contributed by atoms with Crippen LogP contribution in [0.3, 0.4) is 0 Å². The van der Waals surface area contributed by atoms with E-state index in [4.69, 9.17) is 15.3 Å². The van der Waals surface area contributed by atoms with Gasteiger partial charge in [0.25, 0.3) is 0 Å². The molecule has 1 unspecified atom stereocenters. The molecule has 0 saturated heterocycles. The van der Waals surface area contributed by atoms with Crippen molar-refractivity contribution in [3.05, 3.63) is 53.6 Å². The van der Waals surface area contributed by atoms with Gasteiger partial charge in [-0.3, -0.25) is 10.8 Å². The molecule has 112 valence electrons. The Bertz CT molecular complexity index is 607. The highest BCUT2D eigenvalue weighted by Crippen LogP contribution is 2.27. The fraction of sp³-hybridized carbons (Fsp3) is 0.267. The molecule has 5 nitrogen and oxygen atoms in total. The van der Waals surface area contributed by atoms with Crippen LogP contribution in [-0.2, 0) is 0 Å². The van der Waals surface area contributed by atoms with Gasteiger partial charge < -0.3 is 9.47 Å². The van der Waals surface area contributed by atoms with E-state index < -0.39 is 5.82 Å². The zero-order valence-electron chi connectivity index (χ0n) is 12.0. The second kappa shape index (κ2) is 7.01. The number of hydrogen-bond acceptors (Lipinski definition) is 5. The molecule has 0 aliphatic heterocycles. The Morgan fingerprint density at radius 1 is 1.29 bits per heavy atom. The summed E-state index contributed by atoms with van der Waals surface area (Å²) in [6.07, 6.45) is 3.31. The lowest BCUT2D eigenvalue weighted by Crippen LogP contribution is -2.29. The molecule has 0 aliphatic rings. The Morgan fingerprint density at radius 3 is 2.76 bits per heavy atom. The first-order valence-corrected chi connectivity index (χ1v) is 6.57. The molecule has 2 rings (SSSR count). The summed E-state index contributed by atoms with van der Waals surface area (Å²) in [5.74, 6) is 6.04. The Labute approximate surface area is 122 Å². The summed E-state index contributed by atoms with van der Waals surface area (Å²) in [7, 11) is 1.42. The van der Waals surface area contributed by atoms with E-state index in [1.54, 1.807) is 24.5 Å². The third-order valence-corrected chi connectivity index (χ3v) is 3.05. The van der Waals surface area contributed by atoms with Crippen LogP contribution in [0.25, 0.3) is 0 Å². The van der Waals surface area contributed by atoms with E-state index in [-0.39, 0.29) is 11.8 Å². The summed E-state index contributed by atoms with van der Waals surface area (Å²) in [6, 6.07) is 6.10. The van der Waals surface area contributed by atoms with E-state index in [0.29, 0.717) is 12.4 Å². The topological polar surface area (TPSA) is 69.4 Å². The summed E-state index contributed by atoms with van der Waals surface area (Å²) >= 11 is 0. The SMILES string of the molecule is CCOc1cncc(C(NN)c2ccc(F)c(OC)c2)c1. The van der Waals surface area contributed by atoms with Crippen LogP contribution in [0.15, 0.2) is 36.7 Å². The molecule has 2 aromatic rings. The Kier molecular flexibility index (Phi) is 5.08. The van der Waals surface area contributed by atoms with Gasteiger partial charge in [-0.25, -0.2) is 9.82 Å². The van der Waals surface area contributed by atoms with Gasteiger partial charge in [-0.15, -0.1) is 0 Å². The van der Waals surface area contributed by atoms with Crippen molar-refractivity contribution >= 4 is 0 Å². The van der Waals surface area contributed by atoms with Crippen molar-refractivity contribution in [3.8, 4) is 11.5 Å². The van der Waals surface area contributed by atoms with Crippen molar-refractivity contribution in [1.82, 2.24) is 10.4 Å². The molecular formula is C15H18FN3O2. The number of nitrogens with two attached hydrogens (primary N) is 1. The van der Waals surface area contributed by atoms with Gasteiger partial charge in [0.2, 0.25) is 0 Å². The van der Waals surface area contributed by atoms with Crippen molar-refractivity contribution < 1.29 is 13.9 Å². The normalized spacial score (nSPS) is 12.0. The van der Waals surface area contributed by atoms with Crippen molar-refractivity contribution in [2.24, 2.45) is 5.84 Å². The number of rotatable bonds is 6. The number of hydrazine groups is 1. The maximum Gasteiger partial charge on any atom is 0.165 e.